The fraction of sp³-hybridized carbons (Fsp3) is 0.259. The molecule has 2 aromatic heterocycles. The molecule has 3 heterocycles. The molecule has 1 aliphatic heterocycles. The van der Waals surface area contributed by atoms with Crippen molar-refractivity contribution in [3.8, 4) is 28.4 Å². The number of anilines is 2. The van der Waals surface area contributed by atoms with E-state index in [4.69, 9.17) is 48.1 Å². The highest BCUT2D eigenvalue weighted by Crippen LogP contribution is 2.48. The van der Waals surface area contributed by atoms with Gasteiger partial charge in [-0.3, -0.25) is 4.79 Å². The van der Waals surface area contributed by atoms with E-state index in [1.807, 2.05) is 6.07 Å². The third kappa shape index (κ3) is 4.60. The van der Waals surface area contributed by atoms with Gasteiger partial charge in [0.05, 0.1) is 37.1 Å². The standard InChI is InChI=1S/C27H26Cl2N4O4S/c1-33-8-7-18-15(12-33)22(14-10-20(36-3)21(37-4)11-19(14)35-2)23-24(30)25(38-27(23)32-18)26(34)31-13-5-6-16(28)17(29)9-13/h5-6,9-11H,7-8,12,30H2,1-4H3,(H,31,34). The maximum absolute atomic E-state index is 13.4. The van der Waals surface area contributed by atoms with E-state index in [-0.39, 0.29) is 5.91 Å². The van der Waals surface area contributed by atoms with E-state index in [0.717, 1.165) is 35.3 Å². The van der Waals surface area contributed by atoms with E-state index in [1.54, 1.807) is 45.6 Å². The zero-order chi connectivity index (χ0) is 27.1. The average molecular weight is 574 g/mol. The number of pyridine rings is 1. The quantitative estimate of drug-likeness (QED) is 0.287. The van der Waals surface area contributed by atoms with Crippen LogP contribution in [0.1, 0.15) is 20.9 Å². The number of likely N-dealkylation sites (N-methyl/N-ethyl adjacent to an activating group) is 1. The molecule has 3 N–H and O–H groups in total. The summed E-state index contributed by atoms with van der Waals surface area (Å²) in [6, 6.07) is 8.58. The highest BCUT2D eigenvalue weighted by Gasteiger charge is 2.29. The minimum absolute atomic E-state index is 0.343. The molecule has 0 fully saturated rings. The third-order valence-corrected chi connectivity index (χ3v) is 8.42. The Morgan fingerprint density at radius 1 is 1.05 bits per heavy atom. The smallest absolute Gasteiger partial charge is 0.267 e. The fourth-order valence-corrected chi connectivity index (χ4v) is 6.03. The Morgan fingerprint density at radius 2 is 1.76 bits per heavy atom. The minimum Gasteiger partial charge on any atom is -0.496 e. The molecule has 1 aliphatic rings. The van der Waals surface area contributed by atoms with E-state index in [0.29, 0.717) is 60.3 Å². The topological polar surface area (TPSA) is 98.9 Å². The van der Waals surface area contributed by atoms with Gasteiger partial charge in [-0.1, -0.05) is 23.2 Å². The Balaban J connectivity index is 1.73. The van der Waals surface area contributed by atoms with Gasteiger partial charge in [-0.25, -0.2) is 4.98 Å². The summed E-state index contributed by atoms with van der Waals surface area (Å²) in [7, 11) is 6.84. The lowest BCUT2D eigenvalue weighted by Crippen LogP contribution is -2.28. The number of carbonyl (C=O) groups excluding carboxylic acids is 1. The third-order valence-electron chi connectivity index (χ3n) is 6.58. The molecule has 0 aliphatic carbocycles. The number of carbonyl (C=O) groups is 1. The number of fused-ring (bicyclic) bond motifs is 2. The summed E-state index contributed by atoms with van der Waals surface area (Å²) in [5, 5.41) is 4.32. The molecule has 0 bridgehead atoms. The number of nitrogens with zero attached hydrogens (tertiary/aromatic N) is 2. The number of nitrogens with one attached hydrogen (secondary N) is 1. The molecule has 4 aromatic rings. The monoisotopic (exact) mass is 572 g/mol. The second kappa shape index (κ2) is 10.5. The van der Waals surface area contributed by atoms with Crippen molar-refractivity contribution in [1.29, 1.82) is 0 Å². The Hall–Kier alpha value is -3.24. The number of nitrogen functional groups attached to an aromatic ring is 1. The molecule has 0 saturated heterocycles. The van der Waals surface area contributed by atoms with Gasteiger partial charge in [-0.15, -0.1) is 11.3 Å². The molecule has 0 radical (unpaired) electrons. The number of hydrogen-bond acceptors (Lipinski definition) is 8. The lowest BCUT2D eigenvalue weighted by Gasteiger charge is -2.27. The van der Waals surface area contributed by atoms with Crippen LogP contribution in [0, 0.1) is 0 Å². The molecule has 1 amide bonds. The van der Waals surface area contributed by atoms with Crippen LogP contribution >= 0.6 is 34.5 Å². The van der Waals surface area contributed by atoms with Crippen LogP contribution < -0.4 is 25.3 Å². The Labute approximate surface area is 234 Å². The summed E-state index contributed by atoms with van der Waals surface area (Å²) in [6.07, 6.45) is 0.771. The summed E-state index contributed by atoms with van der Waals surface area (Å²) in [4.78, 5) is 21.6. The van der Waals surface area contributed by atoms with Crippen molar-refractivity contribution in [2.75, 3.05) is 46.0 Å². The van der Waals surface area contributed by atoms with Gasteiger partial charge in [0.2, 0.25) is 0 Å². The lowest BCUT2D eigenvalue weighted by atomic mass is 9.91. The van der Waals surface area contributed by atoms with Crippen LogP contribution in [0.5, 0.6) is 17.2 Å². The Morgan fingerprint density at radius 3 is 2.45 bits per heavy atom. The summed E-state index contributed by atoms with van der Waals surface area (Å²) in [5.74, 6) is 1.34. The first-order valence-electron chi connectivity index (χ1n) is 11.7. The van der Waals surface area contributed by atoms with Crippen molar-refractivity contribution in [3.05, 3.63) is 56.5 Å². The van der Waals surface area contributed by atoms with Crippen molar-refractivity contribution < 1.29 is 19.0 Å². The second-order valence-electron chi connectivity index (χ2n) is 8.92. The van der Waals surface area contributed by atoms with Gasteiger partial charge in [0, 0.05) is 53.5 Å². The number of hydrogen-bond donors (Lipinski definition) is 2. The first-order chi connectivity index (χ1) is 18.2. The molecular weight excluding hydrogens is 547 g/mol. The summed E-state index contributed by atoms with van der Waals surface area (Å²) >= 11 is 13.4. The maximum Gasteiger partial charge on any atom is 0.267 e. The van der Waals surface area contributed by atoms with Crippen LogP contribution in [0.25, 0.3) is 21.3 Å². The van der Waals surface area contributed by atoms with Crippen LogP contribution in [0.2, 0.25) is 10.0 Å². The second-order valence-corrected chi connectivity index (χ2v) is 10.7. The molecule has 11 heteroatoms. The van der Waals surface area contributed by atoms with Crippen molar-refractivity contribution in [3.63, 3.8) is 0 Å². The van der Waals surface area contributed by atoms with Gasteiger partial charge in [-0.2, -0.15) is 0 Å². The molecule has 198 valence electrons. The predicted molar refractivity (Wildman–Crippen MR) is 154 cm³/mol. The molecular formula is C27H26Cl2N4O4S. The van der Waals surface area contributed by atoms with Gasteiger partial charge in [-0.05, 0) is 36.9 Å². The Kier molecular flexibility index (Phi) is 7.28. The van der Waals surface area contributed by atoms with Crippen LogP contribution in [0.15, 0.2) is 30.3 Å². The first-order valence-corrected chi connectivity index (χ1v) is 13.3. The number of nitrogens with two attached hydrogens (primary N) is 1. The number of halogens is 2. The van der Waals surface area contributed by atoms with Crippen LogP contribution in [0.4, 0.5) is 11.4 Å². The van der Waals surface area contributed by atoms with Gasteiger partial charge in [0.25, 0.3) is 5.91 Å². The largest absolute Gasteiger partial charge is 0.496 e. The predicted octanol–water partition coefficient (Wildman–Crippen LogP) is 6.12. The van der Waals surface area contributed by atoms with Crippen molar-refractivity contribution >= 4 is 62.0 Å². The van der Waals surface area contributed by atoms with Gasteiger partial charge < -0.3 is 30.2 Å². The molecule has 38 heavy (non-hydrogen) atoms. The van der Waals surface area contributed by atoms with Crippen molar-refractivity contribution in [2.45, 2.75) is 13.0 Å². The zero-order valence-electron chi connectivity index (χ0n) is 21.3. The number of aromatic nitrogens is 1. The number of methoxy groups -OCH3 is 3. The van der Waals surface area contributed by atoms with E-state index >= 15 is 0 Å². The number of amides is 1. The number of rotatable bonds is 6. The molecule has 0 spiro atoms. The number of ether oxygens (including phenoxy) is 3. The first kappa shape index (κ1) is 26.4. The highest BCUT2D eigenvalue weighted by molar-refractivity contribution is 7.21. The van der Waals surface area contributed by atoms with Crippen LogP contribution in [-0.4, -0.2) is 50.7 Å². The van der Waals surface area contributed by atoms with Crippen LogP contribution in [0.3, 0.4) is 0 Å². The molecule has 5 rings (SSSR count). The highest BCUT2D eigenvalue weighted by atomic mass is 35.5. The van der Waals surface area contributed by atoms with E-state index in [2.05, 4.69) is 17.3 Å². The number of thiophene rings is 1. The maximum atomic E-state index is 13.4. The summed E-state index contributed by atoms with van der Waals surface area (Å²) < 4.78 is 16.9. The van der Waals surface area contributed by atoms with Crippen molar-refractivity contribution in [1.82, 2.24) is 9.88 Å². The van der Waals surface area contributed by atoms with E-state index in [9.17, 15) is 4.79 Å². The summed E-state index contributed by atoms with van der Waals surface area (Å²) in [5.41, 5.74) is 11.2. The number of benzene rings is 2. The zero-order valence-corrected chi connectivity index (χ0v) is 23.6. The molecule has 0 saturated carbocycles. The van der Waals surface area contributed by atoms with Gasteiger partial charge >= 0.3 is 0 Å². The van der Waals surface area contributed by atoms with E-state index in [1.165, 1.54) is 11.3 Å². The minimum atomic E-state index is -0.357. The molecule has 0 atom stereocenters. The van der Waals surface area contributed by atoms with Crippen LogP contribution in [-0.2, 0) is 13.0 Å². The fourth-order valence-electron chi connectivity index (χ4n) is 4.71. The summed E-state index contributed by atoms with van der Waals surface area (Å²) in [6.45, 7) is 1.55. The SMILES string of the molecule is COc1cc(OC)c(-c2c3c(nc4sc(C(=O)Nc5ccc(Cl)c(Cl)c5)c(N)c24)CCN(C)C3)cc1OC. The van der Waals surface area contributed by atoms with Gasteiger partial charge in [0.1, 0.15) is 15.5 Å². The Bertz CT molecular complexity index is 1570. The van der Waals surface area contributed by atoms with E-state index < -0.39 is 0 Å². The average Bonchev–Trinajstić information content (AvgIpc) is 3.24. The van der Waals surface area contributed by atoms with Gasteiger partial charge in [0.15, 0.2) is 11.5 Å². The van der Waals surface area contributed by atoms with Crippen molar-refractivity contribution in [2.24, 2.45) is 0 Å². The molecule has 2 aromatic carbocycles. The lowest BCUT2D eigenvalue weighted by molar-refractivity contribution is 0.103. The molecule has 0 unspecified atom stereocenters. The molecule has 8 nitrogen and oxygen atoms in total. The normalized spacial score (nSPS) is 13.3.